The number of fused-ring (bicyclic) bond motifs is 1. The average molecular weight is 485 g/mol. The zero-order valence-corrected chi connectivity index (χ0v) is 19.6. The molecular formula is C26H24N6O4. The zero-order chi connectivity index (χ0) is 25.1. The summed E-state index contributed by atoms with van der Waals surface area (Å²) in [6.45, 7) is 0.548. The van der Waals surface area contributed by atoms with E-state index in [0.717, 1.165) is 22.2 Å². The average Bonchev–Trinajstić information content (AvgIpc) is 3.38. The molecule has 1 aliphatic heterocycles. The van der Waals surface area contributed by atoms with Gasteiger partial charge in [-0.15, -0.1) is 0 Å². The van der Waals surface area contributed by atoms with Gasteiger partial charge in [0.15, 0.2) is 0 Å². The first-order chi connectivity index (χ1) is 17.6. The number of hydrogen-bond donors (Lipinski definition) is 2. The number of pyridine rings is 1. The number of hydrogen-bond acceptors (Lipinski definition) is 8. The second-order valence-corrected chi connectivity index (χ2v) is 8.44. The quantitative estimate of drug-likeness (QED) is 0.426. The van der Waals surface area contributed by atoms with Crippen LogP contribution in [0.15, 0.2) is 48.9 Å². The molecule has 0 radical (unpaired) electrons. The lowest BCUT2D eigenvalue weighted by atomic mass is 10.0. The highest BCUT2D eigenvalue weighted by atomic mass is 16.5. The fourth-order valence-electron chi connectivity index (χ4n) is 4.36. The van der Waals surface area contributed by atoms with Gasteiger partial charge in [0.2, 0.25) is 11.8 Å². The molecule has 5 rings (SSSR count). The summed E-state index contributed by atoms with van der Waals surface area (Å²) in [5.41, 5.74) is 4.27. The summed E-state index contributed by atoms with van der Waals surface area (Å²) < 4.78 is 11.3. The number of aromatic amines is 1. The number of carbonyl (C=O) groups excluding carboxylic acids is 1. The SMILES string of the molecule is COc1ccc(-c2cc3c(-c4ccc(OC5CCN(C(=O)CO)CC5)c(C#N)c4)ncnc3[nH]2)cn1. The number of nitriles is 1. The van der Waals surface area contributed by atoms with E-state index < -0.39 is 6.61 Å². The maximum absolute atomic E-state index is 11.7. The number of aromatic nitrogens is 4. The third kappa shape index (κ3) is 4.56. The van der Waals surface area contributed by atoms with Gasteiger partial charge in [-0.1, -0.05) is 0 Å². The van der Waals surface area contributed by atoms with Crippen molar-refractivity contribution in [2.45, 2.75) is 18.9 Å². The van der Waals surface area contributed by atoms with Gasteiger partial charge in [-0.25, -0.2) is 15.0 Å². The van der Waals surface area contributed by atoms with E-state index in [1.54, 1.807) is 36.4 Å². The van der Waals surface area contributed by atoms with Crippen LogP contribution in [-0.4, -0.2) is 68.8 Å². The summed E-state index contributed by atoms with van der Waals surface area (Å²) in [5, 5.41) is 19.7. The topological polar surface area (TPSA) is 137 Å². The Bertz CT molecular complexity index is 1440. The van der Waals surface area contributed by atoms with E-state index in [4.69, 9.17) is 14.6 Å². The molecule has 1 saturated heterocycles. The minimum atomic E-state index is -0.485. The molecule has 1 aliphatic rings. The first-order valence-corrected chi connectivity index (χ1v) is 11.5. The van der Waals surface area contributed by atoms with Crippen molar-refractivity contribution in [1.29, 1.82) is 5.26 Å². The molecule has 0 unspecified atom stereocenters. The zero-order valence-electron chi connectivity index (χ0n) is 19.6. The number of nitrogens with zero attached hydrogens (tertiary/aromatic N) is 5. The van der Waals surface area contributed by atoms with Crippen LogP contribution in [0.1, 0.15) is 18.4 Å². The number of ether oxygens (including phenoxy) is 2. The number of carbonyl (C=O) groups is 1. The fourth-order valence-corrected chi connectivity index (χ4v) is 4.36. The van der Waals surface area contributed by atoms with Crippen molar-refractivity contribution in [3.05, 3.63) is 54.5 Å². The van der Waals surface area contributed by atoms with E-state index in [1.807, 2.05) is 18.2 Å². The minimum Gasteiger partial charge on any atom is -0.489 e. The number of piperidine rings is 1. The number of aliphatic hydroxyl groups excluding tert-OH is 1. The van der Waals surface area contributed by atoms with Crippen LogP contribution in [0.3, 0.4) is 0 Å². The Hall–Kier alpha value is -4.49. The molecule has 0 aliphatic carbocycles. The molecule has 0 bridgehead atoms. The summed E-state index contributed by atoms with van der Waals surface area (Å²) in [6, 6.07) is 13.3. The Labute approximate surface area is 207 Å². The van der Waals surface area contributed by atoms with Crippen molar-refractivity contribution in [1.82, 2.24) is 24.8 Å². The molecule has 10 heteroatoms. The van der Waals surface area contributed by atoms with Crippen molar-refractivity contribution in [2.75, 3.05) is 26.8 Å². The Kier molecular flexibility index (Phi) is 6.47. The monoisotopic (exact) mass is 484 g/mol. The van der Waals surface area contributed by atoms with Crippen LogP contribution < -0.4 is 9.47 Å². The third-order valence-electron chi connectivity index (χ3n) is 6.28. The molecule has 0 spiro atoms. The maximum Gasteiger partial charge on any atom is 0.248 e. The van der Waals surface area contributed by atoms with Crippen molar-refractivity contribution >= 4 is 16.9 Å². The van der Waals surface area contributed by atoms with Crippen LogP contribution in [0.5, 0.6) is 11.6 Å². The Balaban J connectivity index is 1.39. The van der Waals surface area contributed by atoms with Crippen LogP contribution in [0.25, 0.3) is 33.5 Å². The predicted octanol–water partition coefficient (Wildman–Crippen LogP) is 2.93. The molecule has 0 atom stereocenters. The molecule has 1 amide bonds. The normalized spacial score (nSPS) is 14.0. The molecule has 0 saturated carbocycles. The van der Waals surface area contributed by atoms with E-state index in [9.17, 15) is 10.1 Å². The lowest BCUT2D eigenvalue weighted by molar-refractivity contribution is -0.135. The number of benzene rings is 1. The summed E-state index contributed by atoms with van der Waals surface area (Å²) in [7, 11) is 1.57. The van der Waals surface area contributed by atoms with E-state index in [1.165, 1.54) is 6.33 Å². The standard InChI is InChI=1S/C26H24N6O4/c1-35-23-5-3-17(13-28-23)21-11-20-25(29-15-30-26(20)31-21)16-2-4-22(18(10-16)12-27)36-19-6-8-32(9-7-19)24(34)14-33/h2-5,10-11,13,15,19,33H,6-9,14H2,1H3,(H,29,30,31). The number of rotatable bonds is 6. The van der Waals surface area contributed by atoms with Gasteiger partial charge in [-0.05, 0) is 30.3 Å². The molecule has 1 aromatic carbocycles. The molecule has 2 N–H and O–H groups in total. The Morgan fingerprint density at radius 3 is 2.67 bits per heavy atom. The number of H-pyrrole nitrogens is 1. The van der Waals surface area contributed by atoms with Gasteiger partial charge < -0.3 is 24.5 Å². The summed E-state index contributed by atoms with van der Waals surface area (Å²) >= 11 is 0. The number of nitrogens with one attached hydrogen (secondary N) is 1. The summed E-state index contributed by atoms with van der Waals surface area (Å²) in [6.07, 6.45) is 4.37. The van der Waals surface area contributed by atoms with Gasteiger partial charge in [-0.3, -0.25) is 4.79 Å². The van der Waals surface area contributed by atoms with Crippen LogP contribution in [0.2, 0.25) is 0 Å². The molecule has 3 aromatic heterocycles. The minimum absolute atomic E-state index is 0.109. The van der Waals surface area contributed by atoms with Gasteiger partial charge in [0.1, 0.15) is 36.5 Å². The lowest BCUT2D eigenvalue weighted by Gasteiger charge is -2.32. The first kappa shape index (κ1) is 23.3. The molecule has 4 heterocycles. The van der Waals surface area contributed by atoms with Gasteiger partial charge in [0.25, 0.3) is 0 Å². The van der Waals surface area contributed by atoms with Crippen molar-refractivity contribution in [2.24, 2.45) is 0 Å². The smallest absolute Gasteiger partial charge is 0.248 e. The van der Waals surface area contributed by atoms with E-state index >= 15 is 0 Å². The van der Waals surface area contributed by atoms with Crippen LogP contribution >= 0.6 is 0 Å². The third-order valence-corrected chi connectivity index (χ3v) is 6.28. The molecule has 4 aromatic rings. The lowest BCUT2D eigenvalue weighted by Crippen LogP contribution is -2.42. The van der Waals surface area contributed by atoms with Gasteiger partial charge in [0.05, 0.1) is 18.4 Å². The number of aliphatic hydroxyl groups is 1. The first-order valence-electron chi connectivity index (χ1n) is 11.5. The van der Waals surface area contributed by atoms with Crippen molar-refractivity contribution in [3.63, 3.8) is 0 Å². The van der Waals surface area contributed by atoms with Crippen molar-refractivity contribution in [3.8, 4) is 40.2 Å². The van der Waals surface area contributed by atoms with Gasteiger partial charge >= 0.3 is 0 Å². The van der Waals surface area contributed by atoms with E-state index in [-0.39, 0.29) is 12.0 Å². The molecule has 182 valence electrons. The predicted molar refractivity (Wildman–Crippen MR) is 131 cm³/mol. The summed E-state index contributed by atoms with van der Waals surface area (Å²) in [5.74, 6) is 0.756. The fraction of sp³-hybridized carbons (Fsp3) is 0.269. The van der Waals surface area contributed by atoms with Crippen molar-refractivity contribution < 1.29 is 19.4 Å². The van der Waals surface area contributed by atoms with Crippen LogP contribution in [0, 0.1) is 11.3 Å². The Morgan fingerprint density at radius 2 is 1.97 bits per heavy atom. The van der Waals surface area contributed by atoms with Crippen LogP contribution in [0.4, 0.5) is 0 Å². The molecule has 10 nitrogen and oxygen atoms in total. The highest BCUT2D eigenvalue weighted by Crippen LogP contribution is 2.33. The maximum atomic E-state index is 11.7. The van der Waals surface area contributed by atoms with Gasteiger partial charge in [0, 0.05) is 60.4 Å². The second-order valence-electron chi connectivity index (χ2n) is 8.44. The van der Waals surface area contributed by atoms with E-state index in [0.29, 0.717) is 54.5 Å². The second kappa shape index (κ2) is 10.0. The highest BCUT2D eigenvalue weighted by molar-refractivity contribution is 5.94. The molecule has 1 fully saturated rings. The number of amides is 1. The number of likely N-dealkylation sites (tertiary alicyclic amines) is 1. The van der Waals surface area contributed by atoms with E-state index in [2.05, 4.69) is 26.0 Å². The Morgan fingerprint density at radius 1 is 1.17 bits per heavy atom. The highest BCUT2D eigenvalue weighted by Gasteiger charge is 2.24. The largest absolute Gasteiger partial charge is 0.489 e. The van der Waals surface area contributed by atoms with Crippen LogP contribution in [-0.2, 0) is 4.79 Å². The summed E-state index contributed by atoms with van der Waals surface area (Å²) in [4.78, 5) is 29.7. The molecular weight excluding hydrogens is 460 g/mol. The number of methoxy groups -OCH3 is 1. The van der Waals surface area contributed by atoms with Gasteiger partial charge in [-0.2, -0.15) is 5.26 Å². The molecule has 36 heavy (non-hydrogen) atoms.